The summed E-state index contributed by atoms with van der Waals surface area (Å²) in [5.74, 6) is 0.919. The van der Waals surface area contributed by atoms with E-state index in [1.54, 1.807) is 0 Å². The summed E-state index contributed by atoms with van der Waals surface area (Å²) in [6.45, 7) is 3.23. The van der Waals surface area contributed by atoms with Gasteiger partial charge in [-0.3, -0.25) is 4.99 Å². The van der Waals surface area contributed by atoms with E-state index in [4.69, 9.17) is 0 Å². The highest BCUT2D eigenvalue weighted by Gasteiger charge is 2.12. The average Bonchev–Trinajstić information content (AvgIpc) is 2.41. The van der Waals surface area contributed by atoms with Gasteiger partial charge in [-0.15, -0.1) is 0 Å². The van der Waals surface area contributed by atoms with Crippen LogP contribution in [-0.4, -0.2) is 12.8 Å². The van der Waals surface area contributed by atoms with Crippen molar-refractivity contribution >= 4 is 6.21 Å². The molecule has 1 aliphatic rings. The van der Waals surface area contributed by atoms with Gasteiger partial charge in [-0.1, -0.05) is 19.8 Å². The van der Waals surface area contributed by atoms with Crippen molar-refractivity contribution in [2.75, 3.05) is 6.54 Å². The van der Waals surface area contributed by atoms with Gasteiger partial charge in [-0.2, -0.15) is 0 Å². The molecule has 0 aromatic rings. The molecule has 58 valence electrons. The van der Waals surface area contributed by atoms with E-state index in [-0.39, 0.29) is 0 Å². The molecule has 1 nitrogen and oxygen atoms in total. The van der Waals surface area contributed by atoms with Crippen molar-refractivity contribution in [2.24, 2.45) is 10.9 Å². The third kappa shape index (κ3) is 2.51. The van der Waals surface area contributed by atoms with Crippen molar-refractivity contribution in [2.45, 2.75) is 39.0 Å². The lowest BCUT2D eigenvalue weighted by molar-refractivity contribution is 0.564. The van der Waals surface area contributed by atoms with E-state index < -0.39 is 0 Å². The van der Waals surface area contributed by atoms with Crippen LogP contribution in [0.15, 0.2) is 4.99 Å². The predicted octanol–water partition coefficient (Wildman–Crippen LogP) is 2.66. The highest BCUT2D eigenvalue weighted by Crippen LogP contribution is 2.24. The van der Waals surface area contributed by atoms with Gasteiger partial charge in [0.05, 0.1) is 0 Å². The summed E-state index contributed by atoms with van der Waals surface area (Å²) in [5.41, 5.74) is 0. The molecule has 0 aliphatic heterocycles. The molecular weight excluding hydrogens is 122 g/mol. The Kier molecular flexibility index (Phi) is 3.48. The fourth-order valence-corrected chi connectivity index (χ4v) is 1.55. The number of hydrogen-bond donors (Lipinski definition) is 0. The molecular formula is C9H17N. The third-order valence-electron chi connectivity index (χ3n) is 2.15. The first-order valence-corrected chi connectivity index (χ1v) is 4.41. The van der Waals surface area contributed by atoms with Crippen molar-refractivity contribution in [3.63, 3.8) is 0 Å². The van der Waals surface area contributed by atoms with Crippen LogP contribution in [0.2, 0.25) is 0 Å². The first-order chi connectivity index (χ1) is 4.93. The maximum atomic E-state index is 4.35. The smallest absolute Gasteiger partial charge is 0.0413 e. The SMILES string of the molecule is CCC=NCC1CCCC1. The molecule has 0 radical (unpaired) electrons. The fraction of sp³-hybridized carbons (Fsp3) is 0.889. The van der Waals surface area contributed by atoms with Crippen molar-refractivity contribution in [1.82, 2.24) is 0 Å². The zero-order valence-corrected chi connectivity index (χ0v) is 6.84. The monoisotopic (exact) mass is 139 g/mol. The summed E-state index contributed by atoms with van der Waals surface area (Å²) in [5, 5.41) is 0. The Morgan fingerprint density at radius 3 is 2.70 bits per heavy atom. The van der Waals surface area contributed by atoms with Crippen LogP contribution in [0.25, 0.3) is 0 Å². The van der Waals surface area contributed by atoms with E-state index in [2.05, 4.69) is 11.9 Å². The molecule has 0 aromatic carbocycles. The van der Waals surface area contributed by atoms with E-state index in [1.807, 2.05) is 6.21 Å². The zero-order valence-electron chi connectivity index (χ0n) is 6.84. The highest BCUT2D eigenvalue weighted by atomic mass is 14.7. The Bertz CT molecular complexity index is 101. The van der Waals surface area contributed by atoms with Gasteiger partial charge < -0.3 is 0 Å². The second kappa shape index (κ2) is 4.48. The number of hydrogen-bond acceptors (Lipinski definition) is 1. The van der Waals surface area contributed by atoms with E-state index in [1.165, 1.54) is 25.7 Å². The summed E-state index contributed by atoms with van der Waals surface area (Å²) in [4.78, 5) is 4.35. The lowest BCUT2D eigenvalue weighted by Gasteiger charge is -2.01. The predicted molar refractivity (Wildman–Crippen MR) is 45.6 cm³/mol. The summed E-state index contributed by atoms with van der Waals surface area (Å²) in [6, 6.07) is 0. The standard InChI is InChI=1S/C9H17N/c1-2-7-10-8-9-5-3-4-6-9/h7,9H,2-6,8H2,1H3. The number of rotatable bonds is 3. The van der Waals surface area contributed by atoms with Crippen molar-refractivity contribution in [3.8, 4) is 0 Å². The minimum absolute atomic E-state index is 0.919. The molecule has 0 N–H and O–H groups in total. The van der Waals surface area contributed by atoms with E-state index in [9.17, 15) is 0 Å². The van der Waals surface area contributed by atoms with Crippen LogP contribution in [0.5, 0.6) is 0 Å². The summed E-state index contributed by atoms with van der Waals surface area (Å²) in [7, 11) is 0. The Hall–Kier alpha value is -0.330. The van der Waals surface area contributed by atoms with Crippen molar-refractivity contribution in [3.05, 3.63) is 0 Å². The van der Waals surface area contributed by atoms with Crippen LogP contribution in [-0.2, 0) is 0 Å². The minimum atomic E-state index is 0.919. The summed E-state index contributed by atoms with van der Waals surface area (Å²) < 4.78 is 0. The summed E-state index contributed by atoms with van der Waals surface area (Å²) in [6.07, 6.45) is 8.84. The second-order valence-corrected chi connectivity index (χ2v) is 3.11. The molecule has 0 amide bonds. The molecule has 1 aliphatic carbocycles. The van der Waals surface area contributed by atoms with Gasteiger partial charge in [0.2, 0.25) is 0 Å². The largest absolute Gasteiger partial charge is 0.297 e. The lowest BCUT2D eigenvalue weighted by Crippen LogP contribution is -1.97. The molecule has 0 aromatic heterocycles. The Morgan fingerprint density at radius 1 is 1.40 bits per heavy atom. The molecule has 1 rings (SSSR count). The molecule has 0 heterocycles. The Morgan fingerprint density at radius 2 is 2.10 bits per heavy atom. The third-order valence-corrected chi connectivity index (χ3v) is 2.15. The average molecular weight is 139 g/mol. The minimum Gasteiger partial charge on any atom is -0.297 e. The van der Waals surface area contributed by atoms with Crippen molar-refractivity contribution in [1.29, 1.82) is 0 Å². The van der Waals surface area contributed by atoms with Gasteiger partial charge in [0, 0.05) is 6.54 Å². The number of aliphatic imine (C=N–C) groups is 1. The molecule has 0 unspecified atom stereocenters. The molecule has 1 fully saturated rings. The van der Waals surface area contributed by atoms with Crippen molar-refractivity contribution < 1.29 is 0 Å². The van der Waals surface area contributed by atoms with E-state index in [0.717, 1.165) is 18.9 Å². The summed E-state index contributed by atoms with van der Waals surface area (Å²) >= 11 is 0. The van der Waals surface area contributed by atoms with Crippen LogP contribution >= 0.6 is 0 Å². The Balaban J connectivity index is 2.06. The van der Waals surface area contributed by atoms with Crippen LogP contribution < -0.4 is 0 Å². The zero-order chi connectivity index (χ0) is 7.23. The van der Waals surface area contributed by atoms with Gasteiger partial charge >= 0.3 is 0 Å². The topological polar surface area (TPSA) is 12.4 Å². The van der Waals surface area contributed by atoms with E-state index >= 15 is 0 Å². The molecule has 0 saturated heterocycles. The second-order valence-electron chi connectivity index (χ2n) is 3.11. The Labute approximate surface area is 63.5 Å². The molecule has 0 bridgehead atoms. The lowest BCUT2D eigenvalue weighted by atomic mass is 10.1. The van der Waals surface area contributed by atoms with Crippen LogP contribution in [0.3, 0.4) is 0 Å². The number of nitrogens with zero attached hydrogens (tertiary/aromatic N) is 1. The maximum Gasteiger partial charge on any atom is 0.0413 e. The van der Waals surface area contributed by atoms with Gasteiger partial charge in [0.15, 0.2) is 0 Å². The molecule has 1 heteroatoms. The van der Waals surface area contributed by atoms with Gasteiger partial charge in [-0.05, 0) is 31.4 Å². The molecule has 1 saturated carbocycles. The van der Waals surface area contributed by atoms with Gasteiger partial charge in [-0.25, -0.2) is 0 Å². The van der Waals surface area contributed by atoms with Gasteiger partial charge in [0.1, 0.15) is 0 Å². The van der Waals surface area contributed by atoms with Crippen LogP contribution in [0.4, 0.5) is 0 Å². The molecule has 10 heavy (non-hydrogen) atoms. The molecule has 0 spiro atoms. The quantitative estimate of drug-likeness (QED) is 0.533. The first-order valence-electron chi connectivity index (χ1n) is 4.41. The highest BCUT2D eigenvalue weighted by molar-refractivity contribution is 5.56. The van der Waals surface area contributed by atoms with Gasteiger partial charge in [0.25, 0.3) is 0 Å². The molecule has 0 atom stereocenters. The van der Waals surface area contributed by atoms with Crippen LogP contribution in [0, 0.1) is 5.92 Å². The maximum absolute atomic E-state index is 4.35. The van der Waals surface area contributed by atoms with E-state index in [0.29, 0.717) is 0 Å². The first kappa shape index (κ1) is 7.77. The van der Waals surface area contributed by atoms with Crippen LogP contribution in [0.1, 0.15) is 39.0 Å². The fourth-order valence-electron chi connectivity index (χ4n) is 1.55. The normalized spacial score (nSPS) is 20.9.